The van der Waals surface area contributed by atoms with Gasteiger partial charge in [0.15, 0.2) is 0 Å². The predicted molar refractivity (Wildman–Crippen MR) is 106 cm³/mol. The fourth-order valence-electron chi connectivity index (χ4n) is 2.65. The fraction of sp³-hybridized carbons (Fsp3) is 0.368. The molecule has 0 saturated heterocycles. The minimum absolute atomic E-state index is 0.143. The number of nitrogens with zero attached hydrogens (tertiary/aromatic N) is 1. The number of rotatable bonds is 8. The van der Waals surface area contributed by atoms with E-state index in [0.717, 1.165) is 0 Å². The number of nitrogens with one attached hydrogen (secondary N) is 2. The molecule has 2 amide bonds. The Morgan fingerprint density at radius 3 is 2.43 bits per heavy atom. The van der Waals surface area contributed by atoms with E-state index >= 15 is 0 Å². The molecule has 2 N–H and O–H groups in total. The van der Waals surface area contributed by atoms with Crippen molar-refractivity contribution in [1.82, 2.24) is 9.62 Å². The first-order valence-corrected chi connectivity index (χ1v) is 10.4. The molecule has 0 spiro atoms. The number of benzene rings is 1. The summed E-state index contributed by atoms with van der Waals surface area (Å²) in [5, 5.41) is 5.20. The molecule has 2 rings (SSSR count). The molecule has 9 heteroatoms. The van der Waals surface area contributed by atoms with Crippen LogP contribution in [-0.4, -0.2) is 43.7 Å². The zero-order chi connectivity index (χ0) is 20.9. The normalized spacial score (nSPS) is 12.6. The van der Waals surface area contributed by atoms with E-state index in [1.54, 1.807) is 32.9 Å². The van der Waals surface area contributed by atoms with E-state index in [4.69, 9.17) is 4.42 Å². The Balaban J connectivity index is 2.16. The van der Waals surface area contributed by atoms with Crippen LogP contribution < -0.4 is 10.6 Å². The summed E-state index contributed by atoms with van der Waals surface area (Å²) in [7, 11) is -3.66. The van der Waals surface area contributed by atoms with Crippen LogP contribution in [0.15, 0.2) is 46.1 Å². The average Bonchev–Trinajstić information content (AvgIpc) is 3.18. The van der Waals surface area contributed by atoms with Crippen molar-refractivity contribution in [1.29, 1.82) is 0 Å². The third kappa shape index (κ3) is 4.79. The van der Waals surface area contributed by atoms with Gasteiger partial charge < -0.3 is 15.1 Å². The molecular weight excluding hydrogens is 382 g/mol. The van der Waals surface area contributed by atoms with Crippen LogP contribution in [0.25, 0.3) is 0 Å². The molecule has 0 saturated carbocycles. The monoisotopic (exact) mass is 407 g/mol. The van der Waals surface area contributed by atoms with Gasteiger partial charge in [0, 0.05) is 18.8 Å². The third-order valence-corrected chi connectivity index (χ3v) is 6.50. The molecular formula is C19H25N3O5S. The van der Waals surface area contributed by atoms with E-state index in [9.17, 15) is 18.0 Å². The van der Waals surface area contributed by atoms with Crippen LogP contribution in [0.4, 0.5) is 5.69 Å². The summed E-state index contributed by atoms with van der Waals surface area (Å²) in [4.78, 5) is 24.6. The summed E-state index contributed by atoms with van der Waals surface area (Å²) in [6.45, 7) is 7.49. The number of sulfonamides is 1. The molecule has 0 aliphatic heterocycles. The highest BCUT2D eigenvalue weighted by molar-refractivity contribution is 7.89. The lowest BCUT2D eigenvalue weighted by Crippen LogP contribution is -2.41. The van der Waals surface area contributed by atoms with E-state index in [-0.39, 0.29) is 4.90 Å². The van der Waals surface area contributed by atoms with Crippen LogP contribution >= 0.6 is 0 Å². The Kier molecular flexibility index (Phi) is 6.98. The number of hydrogen-bond donors (Lipinski definition) is 2. The van der Waals surface area contributed by atoms with Gasteiger partial charge in [0.2, 0.25) is 15.9 Å². The first-order valence-electron chi connectivity index (χ1n) is 8.95. The maximum Gasteiger partial charge on any atom is 0.255 e. The summed E-state index contributed by atoms with van der Waals surface area (Å²) in [5.74, 6) is -0.906. The minimum atomic E-state index is -3.66. The first kappa shape index (κ1) is 21.6. The highest BCUT2D eigenvalue weighted by atomic mass is 32.2. The van der Waals surface area contributed by atoms with Gasteiger partial charge in [-0.1, -0.05) is 19.9 Å². The quantitative estimate of drug-likeness (QED) is 0.698. The van der Waals surface area contributed by atoms with Gasteiger partial charge >= 0.3 is 0 Å². The van der Waals surface area contributed by atoms with Crippen molar-refractivity contribution >= 4 is 27.5 Å². The number of carbonyl (C=O) groups is 2. The van der Waals surface area contributed by atoms with Gasteiger partial charge in [-0.05, 0) is 37.6 Å². The minimum Gasteiger partial charge on any atom is -0.472 e. The van der Waals surface area contributed by atoms with Gasteiger partial charge in [0.25, 0.3) is 5.91 Å². The van der Waals surface area contributed by atoms with Crippen molar-refractivity contribution in [2.24, 2.45) is 0 Å². The van der Waals surface area contributed by atoms with E-state index < -0.39 is 27.9 Å². The molecule has 0 unspecified atom stereocenters. The van der Waals surface area contributed by atoms with Crippen LogP contribution in [0.1, 0.15) is 36.7 Å². The maximum absolute atomic E-state index is 12.8. The molecule has 1 heterocycles. The van der Waals surface area contributed by atoms with Crippen LogP contribution in [0.2, 0.25) is 0 Å². The van der Waals surface area contributed by atoms with Gasteiger partial charge in [-0.25, -0.2) is 8.42 Å². The molecule has 0 aliphatic rings. The molecule has 8 nitrogen and oxygen atoms in total. The smallest absolute Gasteiger partial charge is 0.255 e. The van der Waals surface area contributed by atoms with Gasteiger partial charge in [-0.2, -0.15) is 4.31 Å². The fourth-order valence-corrected chi connectivity index (χ4v) is 4.36. The second-order valence-corrected chi connectivity index (χ2v) is 8.17. The van der Waals surface area contributed by atoms with E-state index in [1.807, 2.05) is 0 Å². The largest absolute Gasteiger partial charge is 0.472 e. The number of hydrogen-bond acceptors (Lipinski definition) is 5. The molecule has 2 aromatic rings. The Bertz CT molecular complexity index is 934. The van der Waals surface area contributed by atoms with Gasteiger partial charge in [-0.15, -0.1) is 0 Å². The molecule has 1 atom stereocenters. The summed E-state index contributed by atoms with van der Waals surface area (Å²) in [5.41, 5.74) is 1.24. The van der Waals surface area contributed by atoms with Crippen LogP contribution in [0, 0.1) is 6.92 Å². The number of furan rings is 1. The zero-order valence-corrected chi connectivity index (χ0v) is 17.2. The van der Waals surface area contributed by atoms with Crippen molar-refractivity contribution in [3.8, 4) is 0 Å². The summed E-state index contributed by atoms with van der Waals surface area (Å²) < 4.78 is 31.8. The summed E-state index contributed by atoms with van der Waals surface area (Å²) in [6, 6.07) is 5.36. The molecule has 1 aromatic carbocycles. The molecule has 0 radical (unpaired) electrons. The van der Waals surface area contributed by atoms with Gasteiger partial charge in [0.05, 0.1) is 16.7 Å². The van der Waals surface area contributed by atoms with Gasteiger partial charge in [-0.3, -0.25) is 9.59 Å². The van der Waals surface area contributed by atoms with Crippen LogP contribution in [0.3, 0.4) is 0 Å². The molecule has 1 aromatic heterocycles. The van der Waals surface area contributed by atoms with Crippen molar-refractivity contribution in [3.63, 3.8) is 0 Å². The van der Waals surface area contributed by atoms with Crippen molar-refractivity contribution < 1.29 is 22.4 Å². The molecule has 0 bridgehead atoms. The Hall–Kier alpha value is -2.65. The number of anilines is 1. The molecule has 152 valence electrons. The second kappa shape index (κ2) is 9.03. The van der Waals surface area contributed by atoms with E-state index in [0.29, 0.717) is 29.9 Å². The number of amides is 2. The molecule has 28 heavy (non-hydrogen) atoms. The van der Waals surface area contributed by atoms with Gasteiger partial charge in [0.1, 0.15) is 12.3 Å². The topological polar surface area (TPSA) is 109 Å². The Morgan fingerprint density at radius 1 is 1.18 bits per heavy atom. The van der Waals surface area contributed by atoms with Crippen LogP contribution in [0.5, 0.6) is 0 Å². The first-order chi connectivity index (χ1) is 13.2. The SMILES string of the molecule is CCN(CC)S(=O)(=O)c1cc(NC(=O)[C@@H](C)NC(=O)c2ccoc2)ccc1C. The van der Waals surface area contributed by atoms with E-state index in [1.165, 1.54) is 35.9 Å². The number of carbonyl (C=O) groups excluding carboxylic acids is 2. The highest BCUT2D eigenvalue weighted by Crippen LogP contribution is 2.23. The van der Waals surface area contributed by atoms with Crippen molar-refractivity contribution in [3.05, 3.63) is 47.9 Å². The van der Waals surface area contributed by atoms with E-state index in [2.05, 4.69) is 10.6 Å². The van der Waals surface area contributed by atoms with Crippen molar-refractivity contribution in [2.45, 2.75) is 38.6 Å². The zero-order valence-electron chi connectivity index (χ0n) is 16.4. The lowest BCUT2D eigenvalue weighted by Gasteiger charge is -2.20. The Morgan fingerprint density at radius 2 is 1.86 bits per heavy atom. The number of aryl methyl sites for hydroxylation is 1. The average molecular weight is 407 g/mol. The third-order valence-electron chi connectivity index (χ3n) is 4.30. The predicted octanol–water partition coefficient (Wildman–Crippen LogP) is 2.38. The standard InChI is InChI=1S/C19H25N3O5S/c1-5-22(6-2)28(25,26)17-11-16(8-7-13(17)3)21-18(23)14(4)20-19(24)15-9-10-27-12-15/h7-12,14H,5-6H2,1-4H3,(H,20,24)(H,21,23)/t14-/m1/s1. The second-order valence-electron chi connectivity index (χ2n) is 6.27. The molecule has 0 aliphatic carbocycles. The Labute approximate surface area is 165 Å². The highest BCUT2D eigenvalue weighted by Gasteiger charge is 2.24. The lowest BCUT2D eigenvalue weighted by atomic mass is 10.2. The van der Waals surface area contributed by atoms with Crippen molar-refractivity contribution in [2.75, 3.05) is 18.4 Å². The summed E-state index contributed by atoms with van der Waals surface area (Å²) >= 11 is 0. The van der Waals surface area contributed by atoms with Crippen LogP contribution in [-0.2, 0) is 14.8 Å². The maximum atomic E-state index is 12.8. The molecule has 0 fully saturated rings. The lowest BCUT2D eigenvalue weighted by molar-refractivity contribution is -0.117. The summed E-state index contributed by atoms with van der Waals surface area (Å²) in [6.07, 6.45) is 2.65.